The number of benzene rings is 1. The van der Waals surface area contributed by atoms with Crippen LogP contribution in [0, 0.1) is 6.92 Å². The summed E-state index contributed by atoms with van der Waals surface area (Å²) >= 11 is 0. The molecule has 2 heterocycles. The highest BCUT2D eigenvalue weighted by molar-refractivity contribution is 5.97. The van der Waals surface area contributed by atoms with Gasteiger partial charge in [0.25, 0.3) is 5.91 Å². The van der Waals surface area contributed by atoms with Crippen LogP contribution in [0.5, 0.6) is 0 Å². The third-order valence-corrected chi connectivity index (χ3v) is 4.86. The maximum atomic E-state index is 12.4. The minimum Gasteiger partial charge on any atom is -0.469 e. The van der Waals surface area contributed by atoms with Crippen LogP contribution in [-0.4, -0.2) is 36.3 Å². The average Bonchev–Trinajstić information content (AvgIpc) is 2.92. The molecule has 1 fully saturated rings. The Morgan fingerprint density at radius 3 is 2.68 bits per heavy atom. The van der Waals surface area contributed by atoms with Gasteiger partial charge < -0.3 is 14.6 Å². The van der Waals surface area contributed by atoms with Crippen molar-refractivity contribution in [2.75, 3.05) is 19.6 Å². The Bertz CT molecular complexity index is 724. The second kappa shape index (κ2) is 8.01. The Morgan fingerprint density at radius 1 is 1.16 bits per heavy atom. The highest BCUT2D eigenvalue weighted by atomic mass is 16.3. The van der Waals surface area contributed by atoms with E-state index in [1.807, 2.05) is 11.0 Å². The van der Waals surface area contributed by atoms with Crippen LogP contribution >= 0.6 is 0 Å². The molecule has 1 N–H and O–H groups in total. The van der Waals surface area contributed by atoms with Gasteiger partial charge >= 0.3 is 0 Å². The molecule has 0 radical (unpaired) electrons. The predicted molar refractivity (Wildman–Crippen MR) is 95.4 cm³/mol. The van der Waals surface area contributed by atoms with E-state index in [0.29, 0.717) is 17.2 Å². The van der Waals surface area contributed by atoms with Gasteiger partial charge in [-0.1, -0.05) is 30.3 Å². The molecule has 132 valence electrons. The van der Waals surface area contributed by atoms with Gasteiger partial charge in [0.1, 0.15) is 5.76 Å². The van der Waals surface area contributed by atoms with E-state index in [1.165, 1.54) is 11.8 Å². The van der Waals surface area contributed by atoms with Crippen molar-refractivity contribution in [3.05, 3.63) is 59.5 Å². The monoisotopic (exact) mass is 340 g/mol. The third kappa shape index (κ3) is 4.29. The first-order valence-corrected chi connectivity index (χ1v) is 8.80. The normalized spacial score (nSPS) is 17.8. The molecule has 3 rings (SSSR count). The van der Waals surface area contributed by atoms with Crippen molar-refractivity contribution in [3.63, 3.8) is 0 Å². The number of carbonyl (C=O) groups excluding carboxylic acids is 2. The molecule has 2 amide bonds. The zero-order valence-corrected chi connectivity index (χ0v) is 14.5. The summed E-state index contributed by atoms with van der Waals surface area (Å²) in [4.78, 5) is 26.4. The Balaban J connectivity index is 1.51. The van der Waals surface area contributed by atoms with Crippen molar-refractivity contribution in [3.8, 4) is 0 Å². The number of amides is 2. The van der Waals surface area contributed by atoms with Gasteiger partial charge in [-0.2, -0.15) is 0 Å². The lowest BCUT2D eigenvalue weighted by atomic mass is 9.92. The minimum absolute atomic E-state index is 0.0248. The molecular formula is C20H24N2O3. The molecule has 5 nitrogen and oxygen atoms in total. The van der Waals surface area contributed by atoms with E-state index >= 15 is 0 Å². The molecule has 1 atom stereocenters. The smallest absolute Gasteiger partial charge is 0.255 e. The second-order valence-electron chi connectivity index (χ2n) is 6.49. The van der Waals surface area contributed by atoms with Gasteiger partial charge in [0.05, 0.1) is 18.4 Å². The van der Waals surface area contributed by atoms with Gasteiger partial charge in [-0.3, -0.25) is 9.59 Å². The van der Waals surface area contributed by atoms with Gasteiger partial charge in [0, 0.05) is 13.1 Å². The van der Waals surface area contributed by atoms with Crippen molar-refractivity contribution < 1.29 is 14.0 Å². The highest BCUT2D eigenvalue weighted by Gasteiger charge is 2.22. The maximum Gasteiger partial charge on any atom is 0.255 e. The molecule has 1 aromatic carbocycles. The van der Waals surface area contributed by atoms with Gasteiger partial charge in [-0.05, 0) is 43.7 Å². The number of nitrogens with zero attached hydrogens (tertiary/aromatic N) is 1. The number of carbonyl (C=O) groups is 2. The first kappa shape index (κ1) is 17.3. The lowest BCUT2D eigenvalue weighted by Gasteiger charge is -2.21. The number of furan rings is 1. The number of nitrogens with one attached hydrogen (secondary N) is 1. The molecule has 0 spiro atoms. The Hall–Kier alpha value is -2.56. The van der Waals surface area contributed by atoms with E-state index < -0.39 is 0 Å². The zero-order valence-electron chi connectivity index (χ0n) is 14.5. The van der Waals surface area contributed by atoms with E-state index in [1.54, 1.807) is 13.0 Å². The topological polar surface area (TPSA) is 62.6 Å². The highest BCUT2D eigenvalue weighted by Crippen LogP contribution is 2.27. The standard InChI is InChI=1S/C20H24N2O3/c1-15-18(10-13-25-15)20(24)21-14-19(23)22-11-5-8-17(9-12-22)16-6-3-2-4-7-16/h2-4,6-7,10,13,17H,5,8-9,11-12,14H2,1H3,(H,21,24)/t17-/m0/s1. The largest absolute Gasteiger partial charge is 0.469 e. The maximum absolute atomic E-state index is 12.4. The van der Waals surface area contributed by atoms with Crippen LogP contribution in [-0.2, 0) is 4.79 Å². The molecule has 25 heavy (non-hydrogen) atoms. The SMILES string of the molecule is Cc1occc1C(=O)NCC(=O)N1CCC[C@H](c2ccccc2)CC1. The van der Waals surface area contributed by atoms with Gasteiger partial charge in [0.2, 0.25) is 5.91 Å². The molecule has 2 aromatic rings. The van der Waals surface area contributed by atoms with Crippen LogP contribution in [0.3, 0.4) is 0 Å². The fourth-order valence-corrected chi connectivity index (χ4v) is 3.39. The Kier molecular flexibility index (Phi) is 5.53. The van der Waals surface area contributed by atoms with E-state index in [-0.39, 0.29) is 18.4 Å². The average molecular weight is 340 g/mol. The number of likely N-dealkylation sites (tertiary alicyclic amines) is 1. The van der Waals surface area contributed by atoms with E-state index in [0.717, 1.165) is 32.4 Å². The van der Waals surface area contributed by atoms with Gasteiger partial charge in [-0.25, -0.2) is 0 Å². The van der Waals surface area contributed by atoms with Crippen molar-refractivity contribution >= 4 is 11.8 Å². The van der Waals surface area contributed by atoms with Crippen LogP contribution in [0.2, 0.25) is 0 Å². The van der Waals surface area contributed by atoms with Crippen molar-refractivity contribution in [1.29, 1.82) is 0 Å². The number of hydrogen-bond acceptors (Lipinski definition) is 3. The summed E-state index contributed by atoms with van der Waals surface area (Å²) < 4.78 is 5.12. The molecule has 0 saturated carbocycles. The summed E-state index contributed by atoms with van der Waals surface area (Å²) in [5, 5.41) is 2.70. The molecule has 0 unspecified atom stereocenters. The molecular weight excluding hydrogens is 316 g/mol. The van der Waals surface area contributed by atoms with Crippen molar-refractivity contribution in [2.45, 2.75) is 32.1 Å². The summed E-state index contributed by atoms with van der Waals surface area (Å²) in [6, 6.07) is 12.1. The van der Waals surface area contributed by atoms with Crippen molar-refractivity contribution in [1.82, 2.24) is 10.2 Å². The van der Waals surface area contributed by atoms with Gasteiger partial charge in [-0.15, -0.1) is 0 Å². The Labute approximate surface area is 148 Å². The van der Waals surface area contributed by atoms with Gasteiger partial charge in [0.15, 0.2) is 0 Å². The number of aryl methyl sites for hydroxylation is 1. The summed E-state index contributed by atoms with van der Waals surface area (Å²) in [6.45, 7) is 3.25. The van der Waals surface area contributed by atoms with Crippen LogP contribution in [0.15, 0.2) is 47.1 Å². The fraction of sp³-hybridized carbons (Fsp3) is 0.400. The molecule has 1 aliphatic heterocycles. The van der Waals surface area contributed by atoms with Crippen LogP contribution in [0.4, 0.5) is 0 Å². The summed E-state index contributed by atoms with van der Waals surface area (Å²) in [5.41, 5.74) is 1.83. The van der Waals surface area contributed by atoms with Crippen LogP contribution < -0.4 is 5.32 Å². The lowest BCUT2D eigenvalue weighted by Crippen LogP contribution is -2.40. The zero-order chi connectivity index (χ0) is 17.6. The number of hydrogen-bond donors (Lipinski definition) is 1. The number of rotatable bonds is 4. The molecule has 5 heteroatoms. The van der Waals surface area contributed by atoms with Crippen LogP contribution in [0.25, 0.3) is 0 Å². The molecule has 0 aliphatic carbocycles. The quantitative estimate of drug-likeness (QED) is 0.930. The molecule has 1 saturated heterocycles. The second-order valence-corrected chi connectivity index (χ2v) is 6.49. The third-order valence-electron chi connectivity index (χ3n) is 4.86. The first-order chi connectivity index (χ1) is 12.1. The van der Waals surface area contributed by atoms with E-state index in [4.69, 9.17) is 4.42 Å². The predicted octanol–water partition coefficient (Wildman–Crippen LogP) is 3.11. The first-order valence-electron chi connectivity index (χ1n) is 8.80. The van der Waals surface area contributed by atoms with Crippen LogP contribution in [0.1, 0.15) is 46.9 Å². The minimum atomic E-state index is -0.267. The van der Waals surface area contributed by atoms with Crippen molar-refractivity contribution in [2.24, 2.45) is 0 Å². The Morgan fingerprint density at radius 2 is 1.96 bits per heavy atom. The van der Waals surface area contributed by atoms with E-state index in [9.17, 15) is 9.59 Å². The fourth-order valence-electron chi connectivity index (χ4n) is 3.39. The van der Waals surface area contributed by atoms with E-state index in [2.05, 4.69) is 29.6 Å². The molecule has 1 aromatic heterocycles. The lowest BCUT2D eigenvalue weighted by molar-refractivity contribution is -0.130. The molecule has 0 bridgehead atoms. The summed E-state index contributed by atoms with van der Waals surface area (Å²) in [5.74, 6) is 0.771. The molecule has 1 aliphatic rings. The summed E-state index contributed by atoms with van der Waals surface area (Å²) in [7, 11) is 0. The summed E-state index contributed by atoms with van der Waals surface area (Å²) in [6.07, 6.45) is 4.52.